The summed E-state index contributed by atoms with van der Waals surface area (Å²) in [6.07, 6.45) is 0. The van der Waals surface area contributed by atoms with E-state index < -0.39 is 0 Å². The minimum absolute atomic E-state index is 0.488. The van der Waals surface area contributed by atoms with Gasteiger partial charge in [-0.15, -0.1) is 11.3 Å². The smallest absolute Gasteiger partial charge is 0.129 e. The van der Waals surface area contributed by atoms with Crippen LogP contribution in [0.5, 0.6) is 0 Å². The van der Waals surface area contributed by atoms with Crippen molar-refractivity contribution in [3.05, 3.63) is 39.8 Å². The second-order valence-electron chi connectivity index (χ2n) is 2.44. The third-order valence-corrected chi connectivity index (χ3v) is 3.14. The summed E-state index contributed by atoms with van der Waals surface area (Å²) in [5.41, 5.74) is 0.826. The Hall–Kier alpha value is -0.570. The molecule has 13 heavy (non-hydrogen) atoms. The van der Waals surface area contributed by atoms with Crippen LogP contribution >= 0.6 is 34.5 Å². The Morgan fingerprint density at radius 3 is 2.62 bits per heavy atom. The van der Waals surface area contributed by atoms with Gasteiger partial charge in [0.05, 0.1) is 15.6 Å². The van der Waals surface area contributed by atoms with Crippen LogP contribution in [0, 0.1) is 0 Å². The van der Waals surface area contributed by atoms with Gasteiger partial charge in [-0.3, -0.25) is 0 Å². The number of hydrogen-bond acceptors (Lipinski definition) is 2. The fourth-order valence-corrected chi connectivity index (χ4v) is 2.30. The van der Waals surface area contributed by atoms with E-state index in [1.165, 1.54) is 0 Å². The van der Waals surface area contributed by atoms with Crippen LogP contribution in [0.4, 0.5) is 0 Å². The fraction of sp³-hybridized carbons (Fsp3) is 0. The van der Waals surface area contributed by atoms with Crippen LogP contribution in [-0.2, 0) is 0 Å². The Kier molecular flexibility index (Phi) is 2.54. The van der Waals surface area contributed by atoms with Gasteiger partial charge in [0, 0.05) is 0 Å². The number of nitrogens with zero attached hydrogens (tertiary/aromatic N) is 1. The number of hydrogen-bond donors (Lipinski definition) is 0. The van der Waals surface area contributed by atoms with Gasteiger partial charge in [0.1, 0.15) is 5.15 Å². The van der Waals surface area contributed by atoms with Crippen molar-refractivity contribution in [1.82, 2.24) is 4.98 Å². The molecule has 0 N–H and O–H groups in total. The number of thiophene rings is 1. The topological polar surface area (TPSA) is 12.9 Å². The third kappa shape index (κ3) is 1.85. The lowest BCUT2D eigenvalue weighted by molar-refractivity contribution is 1.34. The van der Waals surface area contributed by atoms with Gasteiger partial charge in [-0.1, -0.05) is 29.3 Å². The molecule has 0 fully saturated rings. The molecule has 2 aromatic rings. The van der Waals surface area contributed by atoms with E-state index in [4.69, 9.17) is 23.2 Å². The zero-order chi connectivity index (χ0) is 9.26. The van der Waals surface area contributed by atoms with Crippen LogP contribution in [0.2, 0.25) is 10.2 Å². The lowest BCUT2D eigenvalue weighted by Gasteiger charge is -1.97. The predicted molar refractivity (Wildman–Crippen MR) is 57.6 cm³/mol. The molecule has 0 aliphatic heterocycles. The van der Waals surface area contributed by atoms with Gasteiger partial charge in [-0.25, -0.2) is 4.98 Å². The lowest BCUT2D eigenvalue weighted by atomic mass is 10.3. The first-order chi connectivity index (χ1) is 6.27. The molecule has 0 aromatic carbocycles. The number of aromatic nitrogens is 1. The molecule has 2 heterocycles. The molecule has 4 heteroatoms. The van der Waals surface area contributed by atoms with Crippen molar-refractivity contribution < 1.29 is 0 Å². The molecule has 0 bridgehead atoms. The van der Waals surface area contributed by atoms with E-state index in [0.717, 1.165) is 15.6 Å². The van der Waals surface area contributed by atoms with Gasteiger partial charge in [0.15, 0.2) is 0 Å². The van der Waals surface area contributed by atoms with Gasteiger partial charge in [-0.2, -0.15) is 0 Å². The molecule has 0 amide bonds. The molecule has 1 nitrogen and oxygen atoms in total. The Morgan fingerprint density at radius 2 is 2.00 bits per heavy atom. The van der Waals surface area contributed by atoms with E-state index in [1.807, 2.05) is 23.6 Å². The van der Waals surface area contributed by atoms with Crippen LogP contribution in [0.15, 0.2) is 29.6 Å². The molecule has 66 valence electrons. The van der Waals surface area contributed by atoms with Crippen molar-refractivity contribution in [2.75, 3.05) is 0 Å². The SMILES string of the molecule is Clc1cccc(-c2sccc2Cl)n1. The monoisotopic (exact) mass is 229 g/mol. The zero-order valence-corrected chi connectivity index (χ0v) is 8.83. The highest BCUT2D eigenvalue weighted by atomic mass is 35.5. The molecule has 0 saturated carbocycles. The number of halogens is 2. The lowest BCUT2D eigenvalue weighted by Crippen LogP contribution is -1.79. The first-order valence-electron chi connectivity index (χ1n) is 3.63. The van der Waals surface area contributed by atoms with Crippen molar-refractivity contribution in [2.45, 2.75) is 0 Å². The molecule has 0 radical (unpaired) electrons. The number of rotatable bonds is 1. The van der Waals surface area contributed by atoms with Gasteiger partial charge >= 0.3 is 0 Å². The summed E-state index contributed by atoms with van der Waals surface area (Å²) in [6.45, 7) is 0. The molecule has 0 aliphatic rings. The maximum atomic E-state index is 5.95. The summed E-state index contributed by atoms with van der Waals surface area (Å²) < 4.78 is 0. The van der Waals surface area contributed by atoms with Crippen molar-refractivity contribution >= 4 is 34.5 Å². The average molecular weight is 230 g/mol. The first-order valence-corrected chi connectivity index (χ1v) is 5.27. The van der Waals surface area contributed by atoms with Crippen molar-refractivity contribution in [1.29, 1.82) is 0 Å². The van der Waals surface area contributed by atoms with E-state index in [0.29, 0.717) is 5.15 Å². The normalized spacial score (nSPS) is 10.3. The molecule has 0 unspecified atom stereocenters. The maximum Gasteiger partial charge on any atom is 0.129 e. The van der Waals surface area contributed by atoms with E-state index in [9.17, 15) is 0 Å². The standard InChI is InChI=1S/C9H5Cl2NS/c10-6-4-5-13-9(6)7-2-1-3-8(11)12-7/h1-5H. The maximum absolute atomic E-state index is 5.95. The van der Waals surface area contributed by atoms with E-state index in [2.05, 4.69) is 4.98 Å². The van der Waals surface area contributed by atoms with Gasteiger partial charge in [0.25, 0.3) is 0 Å². The van der Waals surface area contributed by atoms with E-state index in [1.54, 1.807) is 17.4 Å². The first kappa shape index (κ1) is 9.00. The predicted octanol–water partition coefficient (Wildman–Crippen LogP) is 4.12. The molecule has 0 atom stereocenters. The van der Waals surface area contributed by atoms with E-state index in [-0.39, 0.29) is 0 Å². The Balaban J connectivity index is 2.53. The van der Waals surface area contributed by atoms with E-state index >= 15 is 0 Å². The van der Waals surface area contributed by atoms with Crippen molar-refractivity contribution in [3.8, 4) is 10.6 Å². The summed E-state index contributed by atoms with van der Waals surface area (Å²) in [7, 11) is 0. The highest BCUT2D eigenvalue weighted by Crippen LogP contribution is 2.32. The second kappa shape index (κ2) is 3.66. The van der Waals surface area contributed by atoms with Gasteiger partial charge in [-0.05, 0) is 23.6 Å². The Morgan fingerprint density at radius 1 is 1.15 bits per heavy atom. The average Bonchev–Trinajstić information content (AvgIpc) is 2.51. The van der Waals surface area contributed by atoms with Gasteiger partial charge < -0.3 is 0 Å². The third-order valence-electron chi connectivity index (χ3n) is 1.56. The molecular weight excluding hydrogens is 225 g/mol. The summed E-state index contributed by atoms with van der Waals surface area (Å²) in [6, 6.07) is 7.35. The molecule has 2 rings (SSSR count). The Bertz CT molecular complexity index is 425. The molecule has 2 aromatic heterocycles. The summed E-state index contributed by atoms with van der Waals surface area (Å²) >= 11 is 13.3. The van der Waals surface area contributed by atoms with Crippen LogP contribution < -0.4 is 0 Å². The summed E-state index contributed by atoms with van der Waals surface area (Å²) in [5.74, 6) is 0. The fourth-order valence-electron chi connectivity index (χ4n) is 1.01. The minimum atomic E-state index is 0.488. The summed E-state index contributed by atoms with van der Waals surface area (Å²) in [4.78, 5) is 5.13. The van der Waals surface area contributed by atoms with Crippen LogP contribution in [0.1, 0.15) is 0 Å². The highest BCUT2D eigenvalue weighted by Gasteiger charge is 2.05. The quantitative estimate of drug-likeness (QED) is 0.671. The van der Waals surface area contributed by atoms with Crippen molar-refractivity contribution in [2.24, 2.45) is 0 Å². The minimum Gasteiger partial charge on any atom is -0.235 e. The largest absolute Gasteiger partial charge is 0.235 e. The van der Waals surface area contributed by atoms with Gasteiger partial charge in [0.2, 0.25) is 0 Å². The second-order valence-corrected chi connectivity index (χ2v) is 4.15. The van der Waals surface area contributed by atoms with Crippen molar-refractivity contribution in [3.63, 3.8) is 0 Å². The molecule has 0 spiro atoms. The molecule has 0 aliphatic carbocycles. The molecular formula is C9H5Cl2NS. The zero-order valence-electron chi connectivity index (χ0n) is 6.50. The molecule has 0 saturated heterocycles. The van der Waals surface area contributed by atoms with Crippen LogP contribution in [0.25, 0.3) is 10.6 Å². The Labute approximate surface area is 90.0 Å². The summed E-state index contributed by atoms with van der Waals surface area (Å²) in [5, 5.41) is 3.14. The van der Waals surface area contributed by atoms with Crippen LogP contribution in [-0.4, -0.2) is 4.98 Å². The number of pyridine rings is 1. The highest BCUT2D eigenvalue weighted by molar-refractivity contribution is 7.14. The van der Waals surface area contributed by atoms with Crippen LogP contribution in [0.3, 0.4) is 0 Å².